The van der Waals surface area contributed by atoms with Gasteiger partial charge in [-0.15, -0.1) is 0 Å². The largest absolute Gasteiger partial charge is 0.435 e. The Morgan fingerprint density at radius 1 is 0.833 bits per heavy atom. The van der Waals surface area contributed by atoms with Crippen molar-refractivity contribution in [2.75, 3.05) is 0 Å². The molecule has 0 aromatic heterocycles. The molecule has 1 aliphatic rings. The molecule has 3 rings (SSSR count). The van der Waals surface area contributed by atoms with E-state index in [1.54, 1.807) is 12.1 Å². The summed E-state index contributed by atoms with van der Waals surface area (Å²) in [7, 11) is 0. The monoisotopic (exact) mass is 410 g/mol. The lowest BCUT2D eigenvalue weighted by Gasteiger charge is -2.29. The van der Waals surface area contributed by atoms with Crippen LogP contribution in [0.25, 0.3) is 0 Å². The summed E-state index contributed by atoms with van der Waals surface area (Å²) in [5.74, 6) is 8.00. The molecule has 0 heterocycles. The minimum Gasteiger partial charge on any atom is -0.435 e. The third-order valence-corrected chi connectivity index (χ3v) is 6.13. The average Bonchev–Trinajstić information content (AvgIpc) is 2.77. The molecule has 0 aliphatic heterocycles. The van der Waals surface area contributed by atoms with Gasteiger partial charge in [-0.2, -0.15) is 8.78 Å². The predicted octanol–water partition coefficient (Wildman–Crippen LogP) is 7.93. The molecule has 0 saturated heterocycles. The van der Waals surface area contributed by atoms with Gasteiger partial charge in [-0.3, -0.25) is 0 Å². The molecule has 3 heteroatoms. The van der Waals surface area contributed by atoms with Crippen molar-refractivity contribution in [1.82, 2.24) is 0 Å². The zero-order valence-corrected chi connectivity index (χ0v) is 17.9. The van der Waals surface area contributed by atoms with Crippen LogP contribution in [0.4, 0.5) is 8.78 Å². The highest BCUT2D eigenvalue weighted by Crippen LogP contribution is 2.37. The number of halogens is 2. The fraction of sp³-hybridized carbons (Fsp3) is 0.481. The number of unbranched alkanes of at least 4 members (excludes halogenated alkanes) is 3. The van der Waals surface area contributed by atoms with Gasteiger partial charge in [0, 0.05) is 11.1 Å². The second-order valence-electron chi connectivity index (χ2n) is 8.34. The zero-order valence-electron chi connectivity index (χ0n) is 17.9. The van der Waals surface area contributed by atoms with Crippen molar-refractivity contribution in [3.05, 3.63) is 65.2 Å². The van der Waals surface area contributed by atoms with Gasteiger partial charge in [-0.25, -0.2) is 0 Å². The molecule has 1 nitrogen and oxygen atoms in total. The number of hydrogen-bond acceptors (Lipinski definition) is 1. The molecular weight excluding hydrogens is 378 g/mol. The molecule has 2 aromatic carbocycles. The minimum atomic E-state index is -2.80. The predicted molar refractivity (Wildman–Crippen MR) is 119 cm³/mol. The lowest BCUT2D eigenvalue weighted by molar-refractivity contribution is -0.0498. The number of alkyl halides is 2. The van der Waals surface area contributed by atoms with Gasteiger partial charge in [-0.05, 0) is 79.5 Å². The molecule has 1 saturated carbocycles. The van der Waals surface area contributed by atoms with Crippen molar-refractivity contribution in [1.29, 1.82) is 0 Å². The van der Waals surface area contributed by atoms with E-state index in [1.165, 1.54) is 75.5 Å². The summed E-state index contributed by atoms with van der Waals surface area (Å²) in [5, 5.41) is 0. The van der Waals surface area contributed by atoms with E-state index in [9.17, 15) is 8.78 Å². The van der Waals surface area contributed by atoms with Gasteiger partial charge in [0.25, 0.3) is 0 Å². The van der Waals surface area contributed by atoms with Gasteiger partial charge < -0.3 is 4.74 Å². The van der Waals surface area contributed by atoms with Crippen LogP contribution in [0, 0.1) is 17.8 Å². The van der Waals surface area contributed by atoms with Gasteiger partial charge in [0.15, 0.2) is 0 Å². The molecule has 0 bridgehead atoms. The summed E-state index contributed by atoms with van der Waals surface area (Å²) >= 11 is 0. The summed E-state index contributed by atoms with van der Waals surface area (Å²) in [6, 6.07) is 15.0. The third kappa shape index (κ3) is 7.17. The molecule has 0 N–H and O–H groups in total. The van der Waals surface area contributed by atoms with E-state index in [0.717, 1.165) is 17.0 Å². The standard InChI is InChI=1S/C27H32F2O/c1-2-3-4-5-6-21-9-15-24(16-10-21)25-17-11-22(12-18-25)7-8-23-13-19-26(20-14-23)30-27(28)29/h11-14,17-21,24,27H,2-6,9-10,15-16H2,1H3/t21-,24-. The van der Waals surface area contributed by atoms with Crippen molar-refractivity contribution in [3.8, 4) is 17.6 Å². The summed E-state index contributed by atoms with van der Waals surface area (Å²) in [6.07, 6.45) is 12.2. The third-order valence-electron chi connectivity index (χ3n) is 6.13. The first kappa shape index (κ1) is 22.3. The molecule has 0 unspecified atom stereocenters. The number of rotatable bonds is 8. The van der Waals surface area contributed by atoms with Crippen molar-refractivity contribution in [2.45, 2.75) is 77.2 Å². The first-order valence-corrected chi connectivity index (χ1v) is 11.3. The van der Waals surface area contributed by atoms with Crippen molar-refractivity contribution < 1.29 is 13.5 Å². The fourth-order valence-corrected chi connectivity index (χ4v) is 4.35. The number of ether oxygens (including phenoxy) is 1. The van der Waals surface area contributed by atoms with Crippen LogP contribution in [0.5, 0.6) is 5.75 Å². The second kappa shape index (κ2) is 11.7. The van der Waals surface area contributed by atoms with Crippen LogP contribution in [0.2, 0.25) is 0 Å². The molecule has 0 radical (unpaired) electrons. The van der Waals surface area contributed by atoms with Crippen LogP contribution in [-0.2, 0) is 0 Å². The van der Waals surface area contributed by atoms with Crippen molar-refractivity contribution in [3.63, 3.8) is 0 Å². The van der Waals surface area contributed by atoms with Gasteiger partial charge in [0.05, 0.1) is 0 Å². The SMILES string of the molecule is CCCCCC[C@H]1CC[C@H](c2ccc(C#Cc3ccc(OC(F)F)cc3)cc2)CC1. The maximum Gasteiger partial charge on any atom is 0.387 e. The summed E-state index contributed by atoms with van der Waals surface area (Å²) in [5.41, 5.74) is 3.17. The summed E-state index contributed by atoms with van der Waals surface area (Å²) in [4.78, 5) is 0. The molecule has 0 spiro atoms. The maximum atomic E-state index is 12.2. The lowest BCUT2D eigenvalue weighted by Crippen LogP contribution is -2.13. The van der Waals surface area contributed by atoms with Crippen LogP contribution >= 0.6 is 0 Å². The molecule has 1 aliphatic carbocycles. The van der Waals surface area contributed by atoms with Gasteiger partial charge in [0.1, 0.15) is 5.75 Å². The quantitative estimate of drug-likeness (QED) is 0.317. The van der Waals surface area contributed by atoms with Gasteiger partial charge in [0.2, 0.25) is 0 Å². The Balaban J connectivity index is 1.48. The van der Waals surface area contributed by atoms with E-state index in [4.69, 9.17) is 0 Å². The van der Waals surface area contributed by atoms with Crippen LogP contribution in [0.15, 0.2) is 48.5 Å². The fourth-order valence-electron chi connectivity index (χ4n) is 4.35. The van der Waals surface area contributed by atoms with Crippen LogP contribution < -0.4 is 4.74 Å². The van der Waals surface area contributed by atoms with Crippen LogP contribution in [0.3, 0.4) is 0 Å². The van der Waals surface area contributed by atoms with Crippen molar-refractivity contribution >= 4 is 0 Å². The number of hydrogen-bond donors (Lipinski definition) is 0. The Morgan fingerprint density at radius 3 is 2.00 bits per heavy atom. The van der Waals surface area contributed by atoms with Crippen molar-refractivity contribution in [2.24, 2.45) is 5.92 Å². The van der Waals surface area contributed by atoms with Gasteiger partial charge in [-0.1, -0.05) is 63.0 Å². The van der Waals surface area contributed by atoms with Gasteiger partial charge >= 0.3 is 6.61 Å². The Bertz CT molecular complexity index is 807. The molecular formula is C27H32F2O. The molecule has 160 valence electrons. The average molecular weight is 411 g/mol. The Morgan fingerprint density at radius 2 is 1.43 bits per heavy atom. The molecule has 0 amide bonds. The van der Waals surface area contributed by atoms with E-state index in [2.05, 4.69) is 47.8 Å². The minimum absolute atomic E-state index is 0.149. The molecule has 30 heavy (non-hydrogen) atoms. The smallest absolute Gasteiger partial charge is 0.387 e. The Hall–Kier alpha value is -2.34. The molecule has 1 fully saturated rings. The molecule has 0 atom stereocenters. The van der Waals surface area contributed by atoms with Crippen LogP contribution in [0.1, 0.15) is 87.3 Å². The van der Waals surface area contributed by atoms with E-state index in [0.29, 0.717) is 5.92 Å². The summed E-state index contributed by atoms with van der Waals surface area (Å²) < 4.78 is 28.8. The zero-order chi connectivity index (χ0) is 21.2. The maximum absolute atomic E-state index is 12.2. The normalized spacial score (nSPS) is 18.7. The highest BCUT2D eigenvalue weighted by molar-refractivity contribution is 5.45. The first-order chi connectivity index (χ1) is 14.6. The van der Waals surface area contributed by atoms with Crippen LogP contribution in [-0.4, -0.2) is 6.61 Å². The lowest BCUT2D eigenvalue weighted by atomic mass is 9.77. The summed E-state index contributed by atoms with van der Waals surface area (Å²) in [6.45, 7) is -0.533. The highest BCUT2D eigenvalue weighted by Gasteiger charge is 2.21. The number of benzene rings is 2. The van der Waals surface area contributed by atoms with E-state index < -0.39 is 6.61 Å². The second-order valence-corrected chi connectivity index (χ2v) is 8.34. The topological polar surface area (TPSA) is 9.23 Å². The molecule has 2 aromatic rings. The first-order valence-electron chi connectivity index (χ1n) is 11.3. The Kier molecular flexibility index (Phi) is 8.75. The Labute approximate surface area is 179 Å². The van der Waals surface area contributed by atoms with E-state index >= 15 is 0 Å². The van der Waals surface area contributed by atoms with E-state index in [-0.39, 0.29) is 5.75 Å². The van der Waals surface area contributed by atoms with E-state index in [1.807, 2.05) is 0 Å². The highest BCUT2D eigenvalue weighted by atomic mass is 19.3.